The highest BCUT2D eigenvalue weighted by molar-refractivity contribution is 4.78. The Balaban J connectivity index is 2.22. The van der Waals surface area contributed by atoms with Crippen LogP contribution in [-0.4, -0.2) is 47.5 Å². The van der Waals surface area contributed by atoms with Crippen LogP contribution in [0.1, 0.15) is 26.2 Å². The third-order valence-electron chi connectivity index (χ3n) is 2.74. The van der Waals surface area contributed by atoms with Gasteiger partial charge in [0.15, 0.2) is 0 Å². The van der Waals surface area contributed by atoms with Crippen LogP contribution < -0.4 is 0 Å². The number of aliphatic hydroxyl groups excluding tert-OH is 2. The Morgan fingerprint density at radius 2 is 2.15 bits per heavy atom. The minimum Gasteiger partial charge on any atom is -0.393 e. The molecule has 3 unspecified atom stereocenters. The largest absolute Gasteiger partial charge is 0.393 e. The molecule has 1 aliphatic carbocycles. The second-order valence-corrected chi connectivity index (χ2v) is 4.33. The molecular weight excluding hydrogens is 166 g/mol. The molecule has 0 aromatic heterocycles. The van der Waals surface area contributed by atoms with Gasteiger partial charge < -0.3 is 15.1 Å². The van der Waals surface area contributed by atoms with Gasteiger partial charge in [0.1, 0.15) is 0 Å². The van der Waals surface area contributed by atoms with Gasteiger partial charge in [0.05, 0.1) is 12.2 Å². The van der Waals surface area contributed by atoms with Gasteiger partial charge in [-0.25, -0.2) is 0 Å². The predicted octanol–water partition coefficient (Wildman–Crippen LogP) is 0.460. The van der Waals surface area contributed by atoms with Gasteiger partial charge in [-0.2, -0.15) is 0 Å². The highest BCUT2D eigenvalue weighted by Gasteiger charge is 2.26. The molecule has 1 saturated carbocycles. The van der Waals surface area contributed by atoms with E-state index in [0.29, 0.717) is 12.5 Å². The number of nitrogens with zero attached hydrogens (tertiary/aromatic N) is 1. The van der Waals surface area contributed by atoms with Crippen molar-refractivity contribution < 1.29 is 10.2 Å². The van der Waals surface area contributed by atoms with E-state index in [9.17, 15) is 5.11 Å². The van der Waals surface area contributed by atoms with Crippen molar-refractivity contribution in [2.45, 2.75) is 38.4 Å². The number of hydrogen-bond acceptors (Lipinski definition) is 3. The van der Waals surface area contributed by atoms with Gasteiger partial charge in [-0.3, -0.25) is 0 Å². The molecular formula is C10H21NO2. The van der Waals surface area contributed by atoms with Crippen LogP contribution in [0.15, 0.2) is 0 Å². The van der Waals surface area contributed by atoms with E-state index in [-0.39, 0.29) is 12.2 Å². The Morgan fingerprint density at radius 1 is 1.46 bits per heavy atom. The van der Waals surface area contributed by atoms with Crippen LogP contribution in [0.25, 0.3) is 0 Å². The Morgan fingerprint density at radius 3 is 2.62 bits per heavy atom. The first-order valence-electron chi connectivity index (χ1n) is 5.14. The second-order valence-electron chi connectivity index (χ2n) is 4.33. The summed E-state index contributed by atoms with van der Waals surface area (Å²) >= 11 is 0. The van der Waals surface area contributed by atoms with Gasteiger partial charge in [-0.05, 0) is 32.7 Å². The Bertz CT molecular complexity index is 150. The molecule has 0 aromatic rings. The molecule has 1 fully saturated rings. The molecule has 0 saturated heterocycles. The molecule has 0 amide bonds. The molecule has 3 heteroatoms. The van der Waals surface area contributed by atoms with Crippen molar-refractivity contribution in [3.05, 3.63) is 0 Å². The summed E-state index contributed by atoms with van der Waals surface area (Å²) in [5.74, 6) is 0.420. The van der Waals surface area contributed by atoms with Crippen molar-refractivity contribution >= 4 is 0 Å². The SMILES string of the molecule is CC(O)CN(C)CC1CCCC1O. The summed E-state index contributed by atoms with van der Waals surface area (Å²) in [5.41, 5.74) is 0. The summed E-state index contributed by atoms with van der Waals surface area (Å²) in [4.78, 5) is 2.10. The number of aliphatic hydroxyl groups is 2. The summed E-state index contributed by atoms with van der Waals surface area (Å²) in [6.07, 6.45) is 2.84. The number of hydrogen-bond donors (Lipinski definition) is 2. The topological polar surface area (TPSA) is 43.7 Å². The molecule has 0 aliphatic heterocycles. The van der Waals surface area contributed by atoms with Crippen LogP contribution in [-0.2, 0) is 0 Å². The lowest BCUT2D eigenvalue weighted by molar-refractivity contribution is 0.0877. The highest BCUT2D eigenvalue weighted by atomic mass is 16.3. The lowest BCUT2D eigenvalue weighted by Crippen LogP contribution is -2.34. The molecule has 0 aromatic carbocycles. The van der Waals surface area contributed by atoms with Gasteiger partial charge in [-0.15, -0.1) is 0 Å². The van der Waals surface area contributed by atoms with Gasteiger partial charge >= 0.3 is 0 Å². The van der Waals surface area contributed by atoms with Crippen molar-refractivity contribution in [1.82, 2.24) is 4.90 Å². The molecule has 0 bridgehead atoms. The zero-order chi connectivity index (χ0) is 9.84. The predicted molar refractivity (Wildman–Crippen MR) is 52.5 cm³/mol. The molecule has 0 radical (unpaired) electrons. The average Bonchev–Trinajstić information content (AvgIpc) is 2.34. The monoisotopic (exact) mass is 187 g/mol. The standard InChI is InChI=1S/C10H21NO2/c1-8(12)6-11(2)7-9-4-3-5-10(9)13/h8-10,12-13H,3-7H2,1-2H3. The molecule has 3 atom stereocenters. The van der Waals surface area contributed by atoms with Crippen LogP contribution >= 0.6 is 0 Å². The summed E-state index contributed by atoms with van der Waals surface area (Å²) < 4.78 is 0. The first kappa shape index (κ1) is 11.0. The molecule has 0 spiro atoms. The van der Waals surface area contributed by atoms with E-state index in [1.807, 2.05) is 7.05 Å². The molecule has 78 valence electrons. The fraction of sp³-hybridized carbons (Fsp3) is 1.00. The first-order chi connectivity index (χ1) is 6.09. The zero-order valence-corrected chi connectivity index (χ0v) is 8.61. The molecule has 2 N–H and O–H groups in total. The average molecular weight is 187 g/mol. The summed E-state index contributed by atoms with van der Waals surface area (Å²) in [6, 6.07) is 0. The van der Waals surface area contributed by atoms with Crippen molar-refractivity contribution in [1.29, 1.82) is 0 Å². The normalized spacial score (nSPS) is 31.2. The first-order valence-corrected chi connectivity index (χ1v) is 5.14. The van der Waals surface area contributed by atoms with Gasteiger partial charge in [0.2, 0.25) is 0 Å². The smallest absolute Gasteiger partial charge is 0.0638 e. The van der Waals surface area contributed by atoms with E-state index in [0.717, 1.165) is 25.8 Å². The fourth-order valence-corrected chi connectivity index (χ4v) is 2.16. The van der Waals surface area contributed by atoms with Crippen LogP contribution in [0.4, 0.5) is 0 Å². The zero-order valence-electron chi connectivity index (χ0n) is 8.61. The van der Waals surface area contributed by atoms with Gasteiger partial charge in [-0.1, -0.05) is 6.42 Å². The second kappa shape index (κ2) is 4.94. The van der Waals surface area contributed by atoms with E-state index in [1.54, 1.807) is 6.92 Å². The molecule has 3 nitrogen and oxygen atoms in total. The molecule has 1 rings (SSSR count). The molecule has 0 heterocycles. The Labute approximate surface area is 80.4 Å². The number of rotatable bonds is 4. The van der Waals surface area contributed by atoms with Gasteiger partial charge in [0.25, 0.3) is 0 Å². The molecule has 1 aliphatic rings. The number of likely N-dealkylation sites (N-methyl/N-ethyl adjacent to an activating group) is 1. The third kappa shape index (κ3) is 3.63. The fourth-order valence-electron chi connectivity index (χ4n) is 2.16. The maximum Gasteiger partial charge on any atom is 0.0638 e. The van der Waals surface area contributed by atoms with E-state index in [1.165, 1.54) is 0 Å². The quantitative estimate of drug-likeness (QED) is 0.672. The van der Waals surface area contributed by atoms with Crippen molar-refractivity contribution in [2.24, 2.45) is 5.92 Å². The van der Waals surface area contributed by atoms with E-state index >= 15 is 0 Å². The minimum absolute atomic E-state index is 0.114. The summed E-state index contributed by atoms with van der Waals surface area (Å²) in [5, 5.41) is 18.7. The van der Waals surface area contributed by atoms with Crippen LogP contribution in [0, 0.1) is 5.92 Å². The lowest BCUT2D eigenvalue weighted by atomic mass is 10.1. The maximum atomic E-state index is 9.58. The third-order valence-corrected chi connectivity index (χ3v) is 2.74. The lowest BCUT2D eigenvalue weighted by Gasteiger charge is -2.23. The van der Waals surface area contributed by atoms with Crippen molar-refractivity contribution in [3.63, 3.8) is 0 Å². The summed E-state index contributed by atoms with van der Waals surface area (Å²) in [6.45, 7) is 3.40. The Kier molecular flexibility index (Phi) is 4.16. The highest BCUT2D eigenvalue weighted by Crippen LogP contribution is 2.25. The van der Waals surface area contributed by atoms with Crippen LogP contribution in [0.5, 0.6) is 0 Å². The molecule has 13 heavy (non-hydrogen) atoms. The van der Waals surface area contributed by atoms with Crippen LogP contribution in [0.3, 0.4) is 0 Å². The maximum absolute atomic E-state index is 9.58. The van der Waals surface area contributed by atoms with Gasteiger partial charge in [0, 0.05) is 13.1 Å². The van der Waals surface area contributed by atoms with E-state index in [4.69, 9.17) is 5.11 Å². The Hall–Kier alpha value is -0.120. The van der Waals surface area contributed by atoms with Crippen LogP contribution in [0.2, 0.25) is 0 Å². The summed E-state index contributed by atoms with van der Waals surface area (Å²) in [7, 11) is 2.00. The van der Waals surface area contributed by atoms with Crippen molar-refractivity contribution in [2.75, 3.05) is 20.1 Å². The minimum atomic E-state index is -0.274. The van der Waals surface area contributed by atoms with E-state index < -0.39 is 0 Å². The van der Waals surface area contributed by atoms with Crippen molar-refractivity contribution in [3.8, 4) is 0 Å². The van der Waals surface area contributed by atoms with E-state index in [2.05, 4.69) is 4.90 Å².